The van der Waals surface area contributed by atoms with Gasteiger partial charge in [0.15, 0.2) is 5.82 Å². The Labute approximate surface area is 159 Å². The van der Waals surface area contributed by atoms with Crippen LogP contribution in [0, 0.1) is 18.8 Å². The normalized spacial score (nSPS) is 25.8. The summed E-state index contributed by atoms with van der Waals surface area (Å²) in [6.07, 6.45) is 4.36. The highest BCUT2D eigenvalue weighted by Gasteiger charge is 2.55. The fourth-order valence-corrected chi connectivity index (χ4v) is 4.65. The predicted molar refractivity (Wildman–Crippen MR) is 100 cm³/mol. The first kappa shape index (κ1) is 18.1. The lowest BCUT2D eigenvalue weighted by atomic mass is 9.73. The van der Waals surface area contributed by atoms with Gasteiger partial charge in [-0.2, -0.15) is 4.98 Å². The zero-order valence-corrected chi connectivity index (χ0v) is 16.3. The van der Waals surface area contributed by atoms with Gasteiger partial charge in [-0.25, -0.2) is 0 Å². The monoisotopic (exact) mass is 369 g/mol. The predicted octanol–water partition coefficient (Wildman–Crippen LogP) is 2.14. The number of amides is 1. The van der Waals surface area contributed by atoms with Crippen molar-refractivity contribution in [2.24, 2.45) is 11.8 Å². The first-order chi connectivity index (χ1) is 13.0. The van der Waals surface area contributed by atoms with Gasteiger partial charge in [-0.15, -0.1) is 0 Å². The lowest BCUT2D eigenvalue weighted by Crippen LogP contribution is -2.52. The highest BCUT2D eigenvalue weighted by atomic mass is 16.5. The van der Waals surface area contributed by atoms with Crippen molar-refractivity contribution in [2.75, 3.05) is 32.7 Å². The minimum absolute atomic E-state index is 0.0310. The van der Waals surface area contributed by atoms with E-state index in [0.29, 0.717) is 35.7 Å². The summed E-state index contributed by atoms with van der Waals surface area (Å²) >= 11 is 0. The second kappa shape index (κ2) is 7.03. The van der Waals surface area contributed by atoms with Gasteiger partial charge in [0.25, 0.3) is 5.91 Å². The number of likely N-dealkylation sites (tertiary alicyclic amines) is 2. The summed E-state index contributed by atoms with van der Waals surface area (Å²) in [6.45, 7) is 10.6. The maximum absolute atomic E-state index is 13.0. The van der Waals surface area contributed by atoms with Gasteiger partial charge in [-0.3, -0.25) is 9.78 Å². The third-order valence-electron chi connectivity index (χ3n) is 5.77. The Morgan fingerprint density at radius 2 is 2.26 bits per heavy atom. The van der Waals surface area contributed by atoms with Crippen molar-refractivity contribution in [2.45, 2.75) is 32.6 Å². The van der Waals surface area contributed by atoms with Crippen molar-refractivity contribution >= 4 is 5.91 Å². The largest absolute Gasteiger partial charge is 0.339 e. The summed E-state index contributed by atoms with van der Waals surface area (Å²) in [5.74, 6) is 2.29. The van der Waals surface area contributed by atoms with Gasteiger partial charge in [0, 0.05) is 38.6 Å². The van der Waals surface area contributed by atoms with Crippen LogP contribution in [0.25, 0.3) is 0 Å². The summed E-state index contributed by atoms with van der Waals surface area (Å²) in [5.41, 5.74) is 0.346. The summed E-state index contributed by atoms with van der Waals surface area (Å²) in [4.78, 5) is 26.2. The number of aromatic nitrogens is 3. The molecule has 2 aromatic heterocycles. The second-order valence-electron chi connectivity index (χ2n) is 8.34. The highest BCUT2D eigenvalue weighted by molar-refractivity contribution is 5.94. The molecule has 2 aromatic rings. The molecule has 7 heteroatoms. The minimum Gasteiger partial charge on any atom is -0.339 e. The smallest absolute Gasteiger partial charge is 0.255 e. The molecule has 0 saturated carbocycles. The van der Waals surface area contributed by atoms with E-state index in [9.17, 15) is 4.79 Å². The Hall–Kier alpha value is -2.28. The first-order valence-electron chi connectivity index (χ1n) is 9.70. The number of pyridine rings is 1. The molecule has 0 spiro atoms. The Morgan fingerprint density at radius 3 is 2.93 bits per heavy atom. The number of hydrogen-bond donors (Lipinski definition) is 0. The lowest BCUT2D eigenvalue weighted by molar-refractivity contribution is 0.0750. The van der Waals surface area contributed by atoms with Crippen LogP contribution < -0.4 is 0 Å². The highest BCUT2D eigenvalue weighted by Crippen LogP contribution is 2.44. The van der Waals surface area contributed by atoms with Gasteiger partial charge >= 0.3 is 0 Å². The molecule has 0 bridgehead atoms. The number of nitrogens with zero attached hydrogens (tertiary/aromatic N) is 5. The number of rotatable bonds is 4. The van der Waals surface area contributed by atoms with Gasteiger partial charge in [-0.05, 0) is 43.9 Å². The number of carbonyl (C=O) groups excluding carboxylic acids is 1. The summed E-state index contributed by atoms with van der Waals surface area (Å²) in [5, 5.41) is 4.04. The molecule has 0 aromatic carbocycles. The number of aryl methyl sites for hydroxylation is 1. The number of fused-ring (bicyclic) bond motifs is 1. The van der Waals surface area contributed by atoms with E-state index in [1.807, 2.05) is 17.9 Å². The molecule has 144 valence electrons. The van der Waals surface area contributed by atoms with Crippen LogP contribution in [0.15, 0.2) is 29.0 Å². The average Bonchev–Trinajstić information content (AvgIpc) is 3.25. The van der Waals surface area contributed by atoms with E-state index in [1.165, 1.54) is 0 Å². The van der Waals surface area contributed by atoms with E-state index in [4.69, 9.17) is 4.52 Å². The number of piperidine rings is 1. The number of hydrogen-bond acceptors (Lipinski definition) is 6. The Morgan fingerprint density at radius 1 is 1.41 bits per heavy atom. The zero-order chi connectivity index (χ0) is 19.0. The third-order valence-corrected chi connectivity index (χ3v) is 5.77. The standard InChI is InChI=1S/C20H27N5O2/c1-14(2)10-24-8-6-17-11-25(18(26)16-5-4-7-21-9-16)13-20(17,12-24)19-22-15(3)23-27-19/h4-5,7,9,14,17H,6,8,10-13H2,1-3H3/t17-,20-/m0/s1. The van der Waals surface area contributed by atoms with Crippen LogP contribution in [-0.4, -0.2) is 63.6 Å². The fourth-order valence-electron chi connectivity index (χ4n) is 4.65. The first-order valence-corrected chi connectivity index (χ1v) is 9.70. The van der Waals surface area contributed by atoms with Crippen molar-refractivity contribution in [1.82, 2.24) is 24.9 Å². The Kier molecular flexibility index (Phi) is 4.72. The molecule has 0 aliphatic carbocycles. The zero-order valence-electron chi connectivity index (χ0n) is 16.3. The average molecular weight is 369 g/mol. The van der Waals surface area contributed by atoms with E-state index in [0.717, 1.165) is 32.6 Å². The van der Waals surface area contributed by atoms with Gasteiger partial charge < -0.3 is 14.3 Å². The maximum atomic E-state index is 13.0. The molecule has 27 heavy (non-hydrogen) atoms. The van der Waals surface area contributed by atoms with E-state index >= 15 is 0 Å². The van der Waals surface area contributed by atoms with Crippen LogP contribution in [0.1, 0.15) is 42.3 Å². The molecule has 2 aliphatic rings. The van der Waals surface area contributed by atoms with E-state index < -0.39 is 0 Å². The molecule has 2 atom stereocenters. The lowest BCUT2D eigenvalue weighted by Gasteiger charge is -2.42. The molecule has 4 heterocycles. The molecule has 1 amide bonds. The molecule has 4 rings (SSSR count). The summed E-state index contributed by atoms with van der Waals surface area (Å²) < 4.78 is 5.66. The van der Waals surface area contributed by atoms with E-state index in [-0.39, 0.29) is 11.3 Å². The van der Waals surface area contributed by atoms with Crippen LogP contribution in [-0.2, 0) is 5.41 Å². The Balaban J connectivity index is 1.64. The minimum atomic E-state index is -0.285. The van der Waals surface area contributed by atoms with Gasteiger partial charge in [-0.1, -0.05) is 19.0 Å². The van der Waals surface area contributed by atoms with E-state index in [1.54, 1.807) is 18.5 Å². The molecular weight excluding hydrogens is 342 g/mol. The van der Waals surface area contributed by atoms with E-state index in [2.05, 4.69) is 33.9 Å². The Bertz CT molecular complexity index is 806. The molecular formula is C20H27N5O2. The molecule has 2 aliphatic heterocycles. The second-order valence-corrected chi connectivity index (χ2v) is 8.34. The van der Waals surface area contributed by atoms with Crippen LogP contribution in [0.4, 0.5) is 0 Å². The maximum Gasteiger partial charge on any atom is 0.255 e. The van der Waals surface area contributed by atoms with Crippen LogP contribution in [0.5, 0.6) is 0 Å². The SMILES string of the molecule is Cc1noc([C@]23CN(CC(C)C)CC[C@H]2CN(C(=O)c2cccnc2)C3)n1. The molecule has 2 saturated heterocycles. The van der Waals surface area contributed by atoms with Crippen LogP contribution >= 0.6 is 0 Å². The van der Waals surface area contributed by atoms with Crippen LogP contribution in [0.2, 0.25) is 0 Å². The van der Waals surface area contributed by atoms with Gasteiger partial charge in [0.1, 0.15) is 0 Å². The molecule has 2 fully saturated rings. The molecule has 0 radical (unpaired) electrons. The van der Waals surface area contributed by atoms with Crippen molar-refractivity contribution in [3.05, 3.63) is 41.8 Å². The fraction of sp³-hybridized carbons (Fsp3) is 0.600. The quantitative estimate of drug-likeness (QED) is 0.822. The van der Waals surface area contributed by atoms with Gasteiger partial charge in [0.2, 0.25) is 5.89 Å². The molecule has 7 nitrogen and oxygen atoms in total. The van der Waals surface area contributed by atoms with Gasteiger partial charge in [0.05, 0.1) is 11.0 Å². The molecule has 0 N–H and O–H groups in total. The van der Waals surface area contributed by atoms with Crippen LogP contribution in [0.3, 0.4) is 0 Å². The third kappa shape index (κ3) is 3.36. The topological polar surface area (TPSA) is 75.4 Å². The van der Waals surface area contributed by atoms with Crippen molar-refractivity contribution in [3.8, 4) is 0 Å². The number of carbonyl (C=O) groups is 1. The summed E-state index contributed by atoms with van der Waals surface area (Å²) in [6, 6.07) is 3.63. The molecule has 0 unspecified atom stereocenters. The van der Waals surface area contributed by atoms with Crippen molar-refractivity contribution in [3.63, 3.8) is 0 Å². The summed E-state index contributed by atoms with van der Waals surface area (Å²) in [7, 11) is 0. The van der Waals surface area contributed by atoms with Crippen molar-refractivity contribution in [1.29, 1.82) is 0 Å². The van der Waals surface area contributed by atoms with Crippen molar-refractivity contribution < 1.29 is 9.32 Å².